The number of anilines is 1. The summed E-state index contributed by atoms with van der Waals surface area (Å²) < 4.78 is 19.1. The Morgan fingerprint density at radius 1 is 1.07 bits per heavy atom. The molecule has 150 valence electrons. The molecule has 0 fully saturated rings. The average molecular weight is 439 g/mol. The van der Waals surface area contributed by atoms with Crippen LogP contribution in [0.25, 0.3) is 10.6 Å². The van der Waals surface area contributed by atoms with Gasteiger partial charge in [-0.25, -0.2) is 9.37 Å². The fraction of sp³-hybridized carbons (Fsp3) is 0.0435. The van der Waals surface area contributed by atoms with Crippen molar-refractivity contribution in [1.82, 2.24) is 4.98 Å². The van der Waals surface area contributed by atoms with Crippen LogP contribution in [0.2, 0.25) is 5.02 Å². The molecule has 1 N–H and O–H groups in total. The van der Waals surface area contributed by atoms with Crippen LogP contribution in [0, 0.1) is 12.7 Å². The number of carbonyl (C=O) groups excluding carboxylic acids is 1. The normalized spacial score (nSPS) is 10.6. The SMILES string of the molecule is Cc1nc(-c2ccc(F)cc2)sc1C(=O)Nc1cc(Cl)ccc1Oc1ccccc1. The fourth-order valence-corrected chi connectivity index (χ4v) is 3.95. The number of carbonyl (C=O) groups is 1. The lowest BCUT2D eigenvalue weighted by Crippen LogP contribution is -2.12. The molecule has 0 aliphatic carbocycles. The van der Waals surface area contributed by atoms with Gasteiger partial charge in [-0.1, -0.05) is 29.8 Å². The van der Waals surface area contributed by atoms with Crippen LogP contribution in [0.15, 0.2) is 72.8 Å². The van der Waals surface area contributed by atoms with Crippen molar-refractivity contribution < 1.29 is 13.9 Å². The van der Waals surface area contributed by atoms with Gasteiger partial charge in [-0.05, 0) is 61.5 Å². The number of nitrogens with zero attached hydrogens (tertiary/aromatic N) is 1. The number of amides is 1. The second-order valence-corrected chi connectivity index (χ2v) is 7.89. The first-order valence-corrected chi connectivity index (χ1v) is 10.3. The van der Waals surface area contributed by atoms with E-state index < -0.39 is 0 Å². The lowest BCUT2D eigenvalue weighted by Gasteiger charge is -2.12. The highest BCUT2D eigenvalue weighted by atomic mass is 35.5. The largest absolute Gasteiger partial charge is 0.455 e. The zero-order valence-corrected chi connectivity index (χ0v) is 17.4. The van der Waals surface area contributed by atoms with Crippen molar-refractivity contribution in [3.63, 3.8) is 0 Å². The van der Waals surface area contributed by atoms with E-state index in [2.05, 4.69) is 10.3 Å². The highest BCUT2D eigenvalue weighted by molar-refractivity contribution is 7.17. The second-order valence-electron chi connectivity index (χ2n) is 6.45. The minimum atomic E-state index is -0.322. The molecule has 1 aromatic heterocycles. The fourth-order valence-electron chi connectivity index (χ4n) is 2.81. The third-order valence-corrected chi connectivity index (χ3v) is 5.70. The molecule has 1 amide bonds. The number of halogens is 2. The van der Waals surface area contributed by atoms with Crippen molar-refractivity contribution in [2.45, 2.75) is 6.92 Å². The summed E-state index contributed by atoms with van der Waals surface area (Å²) in [6.45, 7) is 1.76. The van der Waals surface area contributed by atoms with E-state index in [1.165, 1.54) is 23.5 Å². The molecule has 0 spiro atoms. The van der Waals surface area contributed by atoms with E-state index >= 15 is 0 Å². The Morgan fingerprint density at radius 3 is 2.53 bits per heavy atom. The Bertz CT molecular complexity index is 1190. The Labute approximate surface area is 181 Å². The topological polar surface area (TPSA) is 51.2 Å². The predicted octanol–water partition coefficient (Wildman–Crippen LogP) is 6.96. The maximum absolute atomic E-state index is 13.2. The quantitative estimate of drug-likeness (QED) is 0.366. The number of thiazole rings is 1. The molecule has 0 radical (unpaired) electrons. The number of aryl methyl sites for hydroxylation is 1. The van der Waals surface area contributed by atoms with Crippen LogP contribution in [-0.4, -0.2) is 10.9 Å². The summed E-state index contributed by atoms with van der Waals surface area (Å²) in [5, 5.41) is 3.98. The van der Waals surface area contributed by atoms with Gasteiger partial charge in [-0.2, -0.15) is 0 Å². The van der Waals surface area contributed by atoms with E-state index in [0.29, 0.717) is 37.8 Å². The lowest BCUT2D eigenvalue weighted by atomic mass is 10.2. The van der Waals surface area contributed by atoms with Crippen LogP contribution < -0.4 is 10.1 Å². The van der Waals surface area contributed by atoms with Crippen LogP contribution in [0.5, 0.6) is 11.5 Å². The molecule has 0 unspecified atom stereocenters. The zero-order valence-electron chi connectivity index (χ0n) is 15.9. The molecule has 3 aromatic carbocycles. The van der Waals surface area contributed by atoms with E-state index in [-0.39, 0.29) is 11.7 Å². The van der Waals surface area contributed by atoms with Gasteiger partial charge in [0, 0.05) is 10.6 Å². The molecule has 4 rings (SSSR count). The first-order valence-electron chi connectivity index (χ1n) is 9.07. The standard InChI is InChI=1S/C23H16ClFN2O2S/c1-14-21(30-23(26-14)15-7-10-17(25)11-8-15)22(28)27-19-13-16(24)9-12-20(19)29-18-5-3-2-4-6-18/h2-13H,1H3,(H,27,28). The van der Waals surface area contributed by atoms with Crippen LogP contribution in [0.1, 0.15) is 15.4 Å². The maximum atomic E-state index is 13.2. The van der Waals surface area contributed by atoms with E-state index in [0.717, 1.165) is 5.56 Å². The average Bonchev–Trinajstić information content (AvgIpc) is 3.13. The first kappa shape index (κ1) is 20.1. The Morgan fingerprint density at radius 2 is 1.80 bits per heavy atom. The van der Waals surface area contributed by atoms with Crippen LogP contribution in [0.3, 0.4) is 0 Å². The minimum Gasteiger partial charge on any atom is -0.455 e. The predicted molar refractivity (Wildman–Crippen MR) is 118 cm³/mol. The van der Waals surface area contributed by atoms with Gasteiger partial charge in [0.15, 0.2) is 5.75 Å². The van der Waals surface area contributed by atoms with Gasteiger partial charge in [0.1, 0.15) is 21.5 Å². The summed E-state index contributed by atoms with van der Waals surface area (Å²) in [5.74, 6) is 0.471. The number of rotatable bonds is 5. The van der Waals surface area contributed by atoms with Crippen molar-refractivity contribution in [2.75, 3.05) is 5.32 Å². The molecule has 0 saturated carbocycles. The number of para-hydroxylation sites is 1. The highest BCUT2D eigenvalue weighted by Crippen LogP contribution is 2.34. The third-order valence-electron chi connectivity index (χ3n) is 4.25. The number of hydrogen-bond acceptors (Lipinski definition) is 4. The van der Waals surface area contributed by atoms with Crippen LogP contribution in [0.4, 0.5) is 10.1 Å². The van der Waals surface area contributed by atoms with E-state index in [9.17, 15) is 9.18 Å². The molecule has 0 aliphatic heterocycles. The lowest BCUT2D eigenvalue weighted by molar-refractivity contribution is 0.102. The van der Waals surface area contributed by atoms with Crippen molar-refractivity contribution in [1.29, 1.82) is 0 Å². The number of ether oxygens (including phenoxy) is 1. The molecule has 4 nitrogen and oxygen atoms in total. The minimum absolute atomic E-state index is 0.321. The second kappa shape index (κ2) is 8.65. The summed E-state index contributed by atoms with van der Waals surface area (Å²) in [6, 6.07) is 20.3. The molecular formula is C23H16ClFN2O2S. The van der Waals surface area contributed by atoms with Crippen molar-refractivity contribution >= 4 is 34.5 Å². The molecule has 7 heteroatoms. The van der Waals surface area contributed by atoms with Crippen molar-refractivity contribution in [2.24, 2.45) is 0 Å². The highest BCUT2D eigenvalue weighted by Gasteiger charge is 2.18. The van der Waals surface area contributed by atoms with Crippen LogP contribution >= 0.6 is 22.9 Å². The van der Waals surface area contributed by atoms with Gasteiger partial charge in [0.05, 0.1) is 11.4 Å². The summed E-state index contributed by atoms with van der Waals surface area (Å²) in [6.07, 6.45) is 0. The number of benzene rings is 3. The first-order chi connectivity index (χ1) is 14.5. The van der Waals surface area contributed by atoms with Gasteiger partial charge >= 0.3 is 0 Å². The molecule has 0 bridgehead atoms. The molecule has 0 saturated heterocycles. The number of nitrogens with one attached hydrogen (secondary N) is 1. The van der Waals surface area contributed by atoms with E-state index in [1.807, 2.05) is 30.3 Å². The van der Waals surface area contributed by atoms with E-state index in [1.54, 1.807) is 37.3 Å². The summed E-state index contributed by atoms with van der Waals surface area (Å²) >= 11 is 7.37. The molecule has 0 aliphatic rings. The summed E-state index contributed by atoms with van der Waals surface area (Å²) in [5.41, 5.74) is 1.79. The number of hydrogen-bond donors (Lipinski definition) is 1. The van der Waals surface area contributed by atoms with Gasteiger partial charge < -0.3 is 10.1 Å². The Balaban J connectivity index is 1.60. The van der Waals surface area contributed by atoms with E-state index in [4.69, 9.17) is 16.3 Å². The maximum Gasteiger partial charge on any atom is 0.267 e. The van der Waals surface area contributed by atoms with Crippen molar-refractivity contribution in [3.8, 4) is 22.1 Å². The van der Waals surface area contributed by atoms with Gasteiger partial charge in [-0.15, -0.1) is 11.3 Å². The summed E-state index contributed by atoms with van der Waals surface area (Å²) in [7, 11) is 0. The molecular weight excluding hydrogens is 423 g/mol. The van der Waals surface area contributed by atoms with Gasteiger partial charge in [0.2, 0.25) is 0 Å². The van der Waals surface area contributed by atoms with Crippen LogP contribution in [-0.2, 0) is 0 Å². The van der Waals surface area contributed by atoms with Gasteiger partial charge in [-0.3, -0.25) is 4.79 Å². The molecule has 4 aromatic rings. The monoisotopic (exact) mass is 438 g/mol. The molecule has 1 heterocycles. The third kappa shape index (κ3) is 4.50. The smallest absolute Gasteiger partial charge is 0.267 e. The zero-order chi connectivity index (χ0) is 21.1. The number of aromatic nitrogens is 1. The molecule has 0 atom stereocenters. The Hall–Kier alpha value is -3.22. The molecule has 30 heavy (non-hydrogen) atoms. The van der Waals surface area contributed by atoms with Gasteiger partial charge in [0.25, 0.3) is 5.91 Å². The summed E-state index contributed by atoms with van der Waals surface area (Å²) in [4.78, 5) is 17.9. The Kier molecular flexibility index (Phi) is 5.79. The van der Waals surface area contributed by atoms with Crippen molar-refractivity contribution in [3.05, 3.63) is 94.2 Å².